The molecule has 0 radical (unpaired) electrons. The quantitative estimate of drug-likeness (QED) is 0.0564. The number of carbonyl (C=O) groups is 2. The molecule has 0 bridgehead atoms. The first-order valence-electron chi connectivity index (χ1n) is 18.4. The molecule has 0 N–H and O–H groups in total. The summed E-state index contributed by atoms with van der Waals surface area (Å²) in [5.74, 6) is -0.995. The van der Waals surface area contributed by atoms with Crippen molar-refractivity contribution in [3.63, 3.8) is 0 Å². The van der Waals surface area contributed by atoms with Crippen LogP contribution in [0.1, 0.15) is 38.3 Å². The van der Waals surface area contributed by atoms with Gasteiger partial charge in [-0.05, 0) is 51.8 Å². The zero-order valence-electron chi connectivity index (χ0n) is 32.4. The number of hydrogen-bond acceptors (Lipinski definition) is 13. The molecule has 3 aromatic carbocycles. The molecule has 5 rings (SSSR count). The number of carbonyl (C=O) groups excluding carboxylic acids is 2. The third kappa shape index (κ3) is 11.8. The maximum atomic E-state index is 12.5. The molecular formula is C38H43N9O10. The SMILES string of the molecule is [2H][C@]1(N=[N+]=[N-])[C@@H](O[C@H]2[C@H](OC(C)=O)[C@@H](OC(C)=O)[C@H](N=[N+]=[N-])C[C@@H]2N=[N+]=[N-])O[C@H](COCc2ccc(OC)cc2)[C@@H](OCc2ccccc2)[C@@H]1OCc1ccccc1. The van der Waals surface area contributed by atoms with E-state index in [1.165, 1.54) is 0 Å². The molecular weight excluding hydrogens is 742 g/mol. The number of rotatable bonds is 18. The van der Waals surface area contributed by atoms with Crippen LogP contribution >= 0.6 is 0 Å². The Labute approximate surface area is 329 Å². The molecule has 0 amide bonds. The first kappa shape index (κ1) is 40.8. The standard InChI is InChI=1S/C38H43N9O10/c1-23(48)54-33-29(42-45-39)18-30(43-46-40)34(37(33)55-24(2)49)57-38-32(44-47-41)36(53-21-26-12-8-5-9-13-26)35(52-20-25-10-6-4-7-11-25)31(56-38)22-51-19-27-14-16-28(50-3)17-15-27/h4-17,29-38H,18-22H2,1-3H3/t29-,30+,31-,32-,33+,34-,35-,36-,37-,38-/m1/s1/i32D. The molecule has 19 nitrogen and oxygen atoms in total. The van der Waals surface area contributed by atoms with Crippen LogP contribution in [0.4, 0.5) is 0 Å². The first-order chi connectivity index (χ1) is 28.1. The molecule has 2 fully saturated rings. The van der Waals surface area contributed by atoms with Crippen LogP contribution in [0.2, 0.25) is 0 Å². The van der Waals surface area contributed by atoms with Crippen LogP contribution in [0.3, 0.4) is 0 Å². The van der Waals surface area contributed by atoms with Crippen LogP contribution in [-0.4, -0.2) is 86.7 Å². The number of benzene rings is 3. The minimum absolute atomic E-state index is 0.0356. The summed E-state index contributed by atoms with van der Waals surface area (Å²) in [6.07, 6.45) is -10.2. The topological polar surface area (TPSA) is 254 Å². The van der Waals surface area contributed by atoms with Crippen LogP contribution in [0, 0.1) is 0 Å². The van der Waals surface area contributed by atoms with Crippen molar-refractivity contribution in [2.45, 2.75) is 101 Å². The van der Waals surface area contributed by atoms with Crippen molar-refractivity contribution in [1.82, 2.24) is 0 Å². The Bertz CT molecular complexity index is 1970. The van der Waals surface area contributed by atoms with Crippen LogP contribution in [0.25, 0.3) is 31.3 Å². The maximum absolute atomic E-state index is 12.5. The van der Waals surface area contributed by atoms with E-state index < -0.39 is 73.0 Å². The van der Waals surface area contributed by atoms with Crippen molar-refractivity contribution in [3.8, 4) is 5.75 Å². The molecule has 1 aliphatic carbocycles. The van der Waals surface area contributed by atoms with E-state index in [4.69, 9.17) is 37.9 Å². The van der Waals surface area contributed by atoms with Crippen LogP contribution in [-0.2, 0) is 62.6 Å². The second-order valence-electron chi connectivity index (χ2n) is 13.0. The Kier molecular flexibility index (Phi) is 15.3. The van der Waals surface area contributed by atoms with Crippen LogP contribution in [0.15, 0.2) is 100 Å². The van der Waals surface area contributed by atoms with Crippen molar-refractivity contribution < 1.29 is 48.9 Å². The van der Waals surface area contributed by atoms with Gasteiger partial charge in [-0.2, -0.15) is 0 Å². The zero-order chi connectivity index (χ0) is 41.5. The van der Waals surface area contributed by atoms with Crippen molar-refractivity contribution in [2.75, 3.05) is 13.7 Å². The van der Waals surface area contributed by atoms with E-state index in [0.29, 0.717) is 5.75 Å². The van der Waals surface area contributed by atoms with Crippen LogP contribution < -0.4 is 4.74 Å². The van der Waals surface area contributed by atoms with Gasteiger partial charge < -0.3 is 37.9 Å². The van der Waals surface area contributed by atoms with Crippen molar-refractivity contribution in [1.29, 1.82) is 0 Å². The summed E-state index contributed by atoms with van der Waals surface area (Å²) < 4.78 is 58.3. The monoisotopic (exact) mass is 786 g/mol. The second-order valence-corrected chi connectivity index (χ2v) is 13.0. The van der Waals surface area contributed by atoms with E-state index in [0.717, 1.165) is 30.5 Å². The fourth-order valence-electron chi connectivity index (χ4n) is 6.58. The Morgan fingerprint density at radius 3 is 1.77 bits per heavy atom. The van der Waals surface area contributed by atoms with E-state index in [1.54, 1.807) is 19.2 Å². The smallest absolute Gasteiger partial charge is 0.303 e. The van der Waals surface area contributed by atoms with Gasteiger partial charge in [0.1, 0.15) is 42.3 Å². The fourth-order valence-corrected chi connectivity index (χ4v) is 6.58. The number of methoxy groups -OCH3 is 1. The summed E-state index contributed by atoms with van der Waals surface area (Å²) in [6, 6.07) is 20.6. The lowest BCUT2D eigenvalue weighted by Crippen LogP contribution is -2.64. The molecule has 1 saturated heterocycles. The summed E-state index contributed by atoms with van der Waals surface area (Å²) >= 11 is 0. The number of hydrogen-bond donors (Lipinski definition) is 0. The van der Waals surface area contributed by atoms with Crippen molar-refractivity contribution in [2.24, 2.45) is 15.3 Å². The molecule has 0 aromatic heterocycles. The summed E-state index contributed by atoms with van der Waals surface area (Å²) in [5, 5.41) is 11.5. The lowest BCUT2D eigenvalue weighted by molar-refractivity contribution is -0.309. The van der Waals surface area contributed by atoms with E-state index in [9.17, 15) is 27.6 Å². The molecule has 19 heteroatoms. The molecule has 3 aromatic rings. The average Bonchev–Trinajstić information content (AvgIpc) is 3.21. The van der Waals surface area contributed by atoms with Gasteiger partial charge in [-0.15, -0.1) is 0 Å². The van der Waals surface area contributed by atoms with Gasteiger partial charge in [-0.1, -0.05) is 88.1 Å². The number of ether oxygens (including phenoxy) is 8. The lowest BCUT2D eigenvalue weighted by atomic mass is 9.84. The highest BCUT2D eigenvalue weighted by Crippen LogP contribution is 2.37. The van der Waals surface area contributed by atoms with E-state index in [2.05, 4.69) is 30.1 Å². The molecule has 1 heterocycles. The maximum Gasteiger partial charge on any atom is 0.303 e. The van der Waals surface area contributed by atoms with Gasteiger partial charge in [-0.25, -0.2) is 0 Å². The van der Waals surface area contributed by atoms with Crippen molar-refractivity contribution >= 4 is 11.9 Å². The Morgan fingerprint density at radius 2 is 1.23 bits per heavy atom. The average molecular weight is 787 g/mol. The van der Waals surface area contributed by atoms with Gasteiger partial charge in [0.05, 0.1) is 45.6 Å². The molecule has 0 unspecified atom stereocenters. The van der Waals surface area contributed by atoms with Gasteiger partial charge in [0.25, 0.3) is 0 Å². The summed E-state index contributed by atoms with van der Waals surface area (Å²) in [4.78, 5) is 33.6. The van der Waals surface area contributed by atoms with Gasteiger partial charge in [0, 0.05) is 30.0 Å². The summed E-state index contributed by atoms with van der Waals surface area (Å²) in [6.45, 7) is 2.14. The first-order valence-corrected chi connectivity index (χ1v) is 17.9. The van der Waals surface area contributed by atoms with Gasteiger partial charge in [0.2, 0.25) is 0 Å². The molecule has 300 valence electrons. The largest absolute Gasteiger partial charge is 0.497 e. The van der Waals surface area contributed by atoms with Crippen molar-refractivity contribution in [3.05, 3.63) is 133 Å². The number of nitrogens with zero attached hydrogens (tertiary/aromatic N) is 9. The molecule has 57 heavy (non-hydrogen) atoms. The van der Waals surface area contributed by atoms with E-state index in [1.807, 2.05) is 72.8 Å². The highest BCUT2D eigenvalue weighted by Gasteiger charge is 2.54. The zero-order valence-corrected chi connectivity index (χ0v) is 31.4. The Morgan fingerprint density at radius 1 is 0.702 bits per heavy atom. The highest BCUT2D eigenvalue weighted by molar-refractivity contribution is 5.67. The summed E-state index contributed by atoms with van der Waals surface area (Å²) in [7, 11) is 1.56. The molecule has 1 aliphatic heterocycles. The second kappa shape index (κ2) is 21.4. The molecule has 2 aliphatic rings. The molecule has 10 atom stereocenters. The minimum atomic E-state index is -2.49. The third-order valence-corrected chi connectivity index (χ3v) is 9.10. The fraction of sp³-hybridized carbons (Fsp3) is 0.474. The van der Waals surface area contributed by atoms with Crippen LogP contribution in [0.5, 0.6) is 5.75 Å². The third-order valence-electron chi connectivity index (χ3n) is 9.10. The number of azide groups is 3. The molecule has 1 saturated carbocycles. The highest BCUT2D eigenvalue weighted by atomic mass is 16.7. The Balaban J connectivity index is 1.58. The predicted molar refractivity (Wildman–Crippen MR) is 201 cm³/mol. The van der Waals surface area contributed by atoms with E-state index in [-0.39, 0.29) is 32.8 Å². The number of esters is 2. The van der Waals surface area contributed by atoms with Gasteiger partial charge in [0.15, 0.2) is 12.4 Å². The Hall–Kier alpha value is -5.87. The lowest BCUT2D eigenvalue weighted by Gasteiger charge is -2.48. The van der Waals surface area contributed by atoms with Gasteiger partial charge >= 0.3 is 11.9 Å². The predicted octanol–water partition coefficient (Wildman–Crippen LogP) is 6.80. The van der Waals surface area contributed by atoms with E-state index >= 15 is 0 Å². The summed E-state index contributed by atoms with van der Waals surface area (Å²) in [5.41, 5.74) is 31.2. The minimum Gasteiger partial charge on any atom is -0.497 e. The molecule has 0 spiro atoms. The normalized spacial score (nSPS) is 28.3. The van der Waals surface area contributed by atoms with Gasteiger partial charge in [-0.3, -0.25) is 9.59 Å².